The minimum Gasteiger partial charge on any atom is -0.303 e. The van der Waals surface area contributed by atoms with E-state index in [0.717, 1.165) is 0 Å². The van der Waals surface area contributed by atoms with E-state index < -0.39 is 26.5 Å². The highest BCUT2D eigenvalue weighted by atomic mass is 31.2. The van der Waals surface area contributed by atoms with Crippen LogP contribution in [-0.2, 0) is 9.09 Å². The van der Waals surface area contributed by atoms with Crippen molar-refractivity contribution in [2.75, 3.05) is 6.67 Å². The lowest BCUT2D eigenvalue weighted by Gasteiger charge is -2.23. The number of alkyl halides is 5. The van der Waals surface area contributed by atoms with Gasteiger partial charge in [-0.25, -0.2) is 13.5 Å². The summed E-state index contributed by atoms with van der Waals surface area (Å²) in [5.74, 6) is -5.27. The Bertz CT molecular complexity index is 224. The van der Waals surface area contributed by atoms with E-state index in [1.54, 1.807) is 0 Å². The molecule has 0 amide bonds. The highest BCUT2D eigenvalue weighted by Gasteiger charge is 2.61. The Morgan fingerprint density at radius 1 is 1.23 bits per heavy atom. The summed E-state index contributed by atoms with van der Waals surface area (Å²) in [5.41, 5.74) is 0. The van der Waals surface area contributed by atoms with Crippen LogP contribution in [0.4, 0.5) is 22.0 Å². The van der Waals surface area contributed by atoms with Crippen molar-refractivity contribution in [3.8, 4) is 0 Å². The van der Waals surface area contributed by atoms with Gasteiger partial charge in [0.15, 0.2) is 6.67 Å². The van der Waals surface area contributed by atoms with E-state index in [1.165, 1.54) is 0 Å². The van der Waals surface area contributed by atoms with Crippen molar-refractivity contribution < 1.29 is 40.8 Å². The minimum atomic E-state index is -5.79. The predicted molar refractivity (Wildman–Crippen MR) is 29.0 cm³/mol. The molecule has 80 valence electrons. The largest absolute Gasteiger partial charge is 0.474 e. The van der Waals surface area contributed by atoms with E-state index in [9.17, 15) is 26.5 Å². The molecule has 0 aromatic rings. The minimum absolute atomic E-state index is 2.42. The first kappa shape index (κ1) is 12.8. The Labute approximate surface area is 68.5 Å². The molecular formula is C3H4F5O4P. The molecule has 0 heterocycles. The van der Waals surface area contributed by atoms with Gasteiger partial charge in [-0.3, -0.25) is 0 Å². The smallest absolute Gasteiger partial charge is 0.303 e. The molecule has 0 spiro atoms. The van der Waals surface area contributed by atoms with E-state index in [4.69, 9.17) is 9.79 Å². The van der Waals surface area contributed by atoms with Crippen LogP contribution in [0.25, 0.3) is 0 Å². The fourth-order valence-electron chi connectivity index (χ4n) is 0.294. The third-order valence-electron chi connectivity index (χ3n) is 0.827. The summed E-state index contributed by atoms with van der Waals surface area (Å²) < 4.78 is 71.2. The monoisotopic (exact) mass is 230 g/mol. The predicted octanol–water partition coefficient (Wildman–Crippen LogP) is 1.29. The van der Waals surface area contributed by atoms with E-state index in [2.05, 4.69) is 4.52 Å². The van der Waals surface area contributed by atoms with E-state index >= 15 is 0 Å². The number of phosphoric acid groups is 1. The molecule has 0 saturated heterocycles. The highest BCUT2D eigenvalue weighted by Crippen LogP contribution is 2.48. The zero-order chi connectivity index (χ0) is 10.9. The van der Waals surface area contributed by atoms with E-state index in [0.29, 0.717) is 0 Å². The van der Waals surface area contributed by atoms with E-state index in [-0.39, 0.29) is 0 Å². The number of phosphoric ester groups is 1. The van der Waals surface area contributed by atoms with E-state index in [1.807, 2.05) is 0 Å². The molecule has 0 radical (unpaired) electrons. The van der Waals surface area contributed by atoms with Crippen LogP contribution in [0.15, 0.2) is 0 Å². The molecule has 0 aliphatic heterocycles. The van der Waals surface area contributed by atoms with Crippen LogP contribution < -0.4 is 0 Å². The van der Waals surface area contributed by atoms with Crippen LogP contribution in [-0.4, -0.2) is 28.5 Å². The van der Waals surface area contributed by atoms with Gasteiger partial charge >= 0.3 is 19.9 Å². The SMILES string of the molecule is O=P(O)(O)OC(F)(F)C(F)(F)CF. The second-order valence-electron chi connectivity index (χ2n) is 1.94. The van der Waals surface area contributed by atoms with Gasteiger partial charge in [0, 0.05) is 0 Å². The molecule has 13 heavy (non-hydrogen) atoms. The first-order valence-electron chi connectivity index (χ1n) is 2.60. The lowest BCUT2D eigenvalue weighted by atomic mass is 10.3. The van der Waals surface area contributed by atoms with Crippen molar-refractivity contribution in [3.63, 3.8) is 0 Å². The zero-order valence-electron chi connectivity index (χ0n) is 5.76. The van der Waals surface area contributed by atoms with Gasteiger partial charge in [-0.2, -0.15) is 17.6 Å². The molecule has 0 unspecified atom stereocenters. The third-order valence-corrected chi connectivity index (χ3v) is 1.29. The highest BCUT2D eigenvalue weighted by molar-refractivity contribution is 7.46. The summed E-state index contributed by atoms with van der Waals surface area (Å²) in [6, 6.07) is 0. The van der Waals surface area contributed by atoms with Crippen LogP contribution in [0.1, 0.15) is 0 Å². The average Bonchev–Trinajstić information content (AvgIpc) is 1.81. The van der Waals surface area contributed by atoms with Crippen molar-refractivity contribution in [1.82, 2.24) is 0 Å². The van der Waals surface area contributed by atoms with Gasteiger partial charge in [0.05, 0.1) is 0 Å². The summed E-state index contributed by atoms with van der Waals surface area (Å²) in [6.45, 7) is -2.79. The van der Waals surface area contributed by atoms with Crippen molar-refractivity contribution in [2.24, 2.45) is 0 Å². The molecule has 0 aromatic carbocycles. The van der Waals surface area contributed by atoms with Gasteiger partial charge in [-0.05, 0) is 0 Å². The Kier molecular flexibility index (Phi) is 3.42. The number of hydrogen-bond acceptors (Lipinski definition) is 2. The maximum atomic E-state index is 12.0. The molecule has 0 rings (SSSR count). The zero-order valence-corrected chi connectivity index (χ0v) is 6.65. The lowest BCUT2D eigenvalue weighted by molar-refractivity contribution is -0.317. The number of rotatable bonds is 4. The second-order valence-corrected chi connectivity index (χ2v) is 3.10. The van der Waals surface area contributed by atoms with Crippen molar-refractivity contribution in [2.45, 2.75) is 12.0 Å². The van der Waals surface area contributed by atoms with Crippen LogP contribution in [0.5, 0.6) is 0 Å². The molecule has 0 bridgehead atoms. The third kappa shape index (κ3) is 3.55. The maximum Gasteiger partial charge on any atom is 0.474 e. The second kappa shape index (κ2) is 3.49. The summed E-state index contributed by atoms with van der Waals surface area (Å²) in [4.78, 5) is 15.5. The molecule has 0 fully saturated rings. The number of halogens is 5. The van der Waals surface area contributed by atoms with Gasteiger partial charge in [-0.1, -0.05) is 0 Å². The van der Waals surface area contributed by atoms with Crippen molar-refractivity contribution in [1.29, 1.82) is 0 Å². The Morgan fingerprint density at radius 2 is 1.62 bits per heavy atom. The Hall–Kier alpha value is -0.240. The average molecular weight is 230 g/mol. The van der Waals surface area contributed by atoms with Crippen molar-refractivity contribution in [3.05, 3.63) is 0 Å². The number of hydrogen-bond donors (Lipinski definition) is 2. The topological polar surface area (TPSA) is 66.8 Å². The summed E-state index contributed by atoms with van der Waals surface area (Å²) >= 11 is 0. The first-order valence-corrected chi connectivity index (χ1v) is 4.13. The van der Waals surface area contributed by atoms with Gasteiger partial charge in [0.25, 0.3) is 0 Å². The molecule has 4 nitrogen and oxygen atoms in total. The summed E-state index contributed by atoms with van der Waals surface area (Å²) in [7, 11) is -5.79. The molecular weight excluding hydrogens is 226 g/mol. The summed E-state index contributed by atoms with van der Waals surface area (Å²) in [6.07, 6.45) is -5.54. The fourth-order valence-corrected chi connectivity index (χ4v) is 0.726. The summed E-state index contributed by atoms with van der Waals surface area (Å²) in [5, 5.41) is 0. The fraction of sp³-hybridized carbons (Fsp3) is 1.00. The van der Waals surface area contributed by atoms with Gasteiger partial charge in [0.1, 0.15) is 0 Å². The standard InChI is InChI=1S/C3H4F5O4P/c4-1-2(5,6)3(7,8)12-13(9,10)11/h1H2,(H2,9,10,11). The van der Waals surface area contributed by atoms with Crippen LogP contribution >= 0.6 is 7.82 Å². The van der Waals surface area contributed by atoms with Crippen LogP contribution in [0, 0.1) is 0 Å². The van der Waals surface area contributed by atoms with Gasteiger partial charge < -0.3 is 9.79 Å². The molecule has 0 aliphatic carbocycles. The Balaban J connectivity index is 4.68. The van der Waals surface area contributed by atoms with Gasteiger partial charge in [-0.15, -0.1) is 0 Å². The van der Waals surface area contributed by atoms with Gasteiger partial charge in [0.2, 0.25) is 0 Å². The maximum absolute atomic E-state index is 12.0. The lowest BCUT2D eigenvalue weighted by Crippen LogP contribution is -2.43. The normalized spacial score (nSPS) is 14.7. The first-order chi connectivity index (χ1) is 5.52. The van der Waals surface area contributed by atoms with Crippen LogP contribution in [0.3, 0.4) is 0 Å². The molecule has 10 heteroatoms. The molecule has 0 atom stereocenters. The molecule has 2 N–H and O–H groups in total. The molecule has 0 aromatic heterocycles. The Morgan fingerprint density at radius 3 is 1.85 bits per heavy atom. The van der Waals surface area contributed by atoms with Crippen LogP contribution in [0.2, 0.25) is 0 Å². The molecule has 0 saturated carbocycles. The quantitative estimate of drug-likeness (QED) is 0.564. The molecule has 0 aliphatic rings. The van der Waals surface area contributed by atoms with Crippen molar-refractivity contribution >= 4 is 7.82 Å².